The molecule has 0 unspecified atom stereocenters. The molecule has 2 aromatic carbocycles. The smallest absolute Gasteiger partial charge is 0.306 e. The summed E-state index contributed by atoms with van der Waals surface area (Å²) in [5.74, 6) is -1.44. The number of nitrogens with zero attached hydrogens (tertiary/aromatic N) is 1. The van der Waals surface area contributed by atoms with Crippen molar-refractivity contribution in [2.75, 3.05) is 6.61 Å². The van der Waals surface area contributed by atoms with Crippen LogP contribution in [0.1, 0.15) is 22.3 Å². The normalized spacial score (nSPS) is 14.8. The second-order valence-electron chi connectivity index (χ2n) is 6.03. The Morgan fingerprint density at radius 1 is 1.23 bits per heavy atom. The fraction of sp³-hybridized carbons (Fsp3) is 0.100. The number of amides is 2. The average molecular weight is 463 g/mol. The fourth-order valence-corrected chi connectivity index (χ4v) is 3.83. The van der Waals surface area contributed by atoms with Gasteiger partial charge in [-0.3, -0.25) is 19.8 Å². The zero-order valence-corrected chi connectivity index (χ0v) is 17.7. The molecule has 1 aliphatic heterocycles. The zero-order chi connectivity index (χ0) is 21.7. The monoisotopic (exact) mass is 462 g/mol. The Morgan fingerprint density at radius 2 is 2.00 bits per heavy atom. The summed E-state index contributed by atoms with van der Waals surface area (Å²) in [6.45, 7) is 0.0381. The highest BCUT2D eigenvalue weighted by molar-refractivity contribution is 8.26. The van der Waals surface area contributed by atoms with Crippen LogP contribution in [0, 0.1) is 0 Å². The highest BCUT2D eigenvalue weighted by Gasteiger charge is 2.33. The van der Waals surface area contributed by atoms with Crippen LogP contribution in [-0.4, -0.2) is 38.8 Å². The molecule has 1 aliphatic rings. The number of benzene rings is 2. The van der Waals surface area contributed by atoms with Gasteiger partial charge in [-0.1, -0.05) is 41.6 Å². The van der Waals surface area contributed by atoms with E-state index in [1.54, 1.807) is 48.5 Å². The predicted octanol–water partition coefficient (Wildman–Crippen LogP) is 3.74. The van der Waals surface area contributed by atoms with E-state index in [-0.39, 0.29) is 17.3 Å². The summed E-state index contributed by atoms with van der Waals surface area (Å²) in [5, 5.41) is 10.1. The number of carbonyl (C=O) groups is 3. The molecule has 0 spiro atoms. The first-order chi connectivity index (χ1) is 14.3. The highest BCUT2D eigenvalue weighted by Crippen LogP contribution is 2.32. The molecule has 154 valence electrons. The number of rotatable bonds is 7. The number of hydrazine groups is 1. The van der Waals surface area contributed by atoms with Gasteiger partial charge in [0, 0.05) is 10.6 Å². The summed E-state index contributed by atoms with van der Waals surface area (Å²) in [4.78, 5) is 36.0. The summed E-state index contributed by atoms with van der Waals surface area (Å²) >= 11 is 12.2. The number of thioether (sulfide) groups is 1. The van der Waals surface area contributed by atoms with Crippen LogP contribution in [0.2, 0.25) is 5.02 Å². The summed E-state index contributed by atoms with van der Waals surface area (Å²) < 4.78 is 5.59. The number of thiocarbonyl (C=S) groups is 1. The van der Waals surface area contributed by atoms with E-state index >= 15 is 0 Å². The lowest BCUT2D eigenvalue weighted by Crippen LogP contribution is -2.44. The molecule has 0 atom stereocenters. The van der Waals surface area contributed by atoms with Crippen LogP contribution >= 0.6 is 35.6 Å². The quantitative estimate of drug-likeness (QED) is 0.478. The number of hydrogen-bond donors (Lipinski definition) is 2. The van der Waals surface area contributed by atoms with Gasteiger partial charge in [0.25, 0.3) is 11.8 Å². The third kappa shape index (κ3) is 5.59. The Balaban J connectivity index is 1.70. The molecule has 0 aromatic heterocycles. The number of hydrogen-bond acceptors (Lipinski definition) is 6. The lowest BCUT2D eigenvalue weighted by Gasteiger charge is -2.15. The van der Waals surface area contributed by atoms with Crippen molar-refractivity contribution in [3.8, 4) is 5.75 Å². The van der Waals surface area contributed by atoms with Gasteiger partial charge in [0.15, 0.2) is 4.32 Å². The van der Waals surface area contributed by atoms with Crippen molar-refractivity contribution in [2.45, 2.75) is 6.42 Å². The summed E-state index contributed by atoms with van der Waals surface area (Å²) in [6, 6.07) is 13.2. The molecule has 2 amide bonds. The summed E-state index contributed by atoms with van der Waals surface area (Å²) in [7, 11) is 0. The molecule has 1 heterocycles. The van der Waals surface area contributed by atoms with Crippen molar-refractivity contribution in [2.24, 2.45) is 0 Å². The Bertz CT molecular complexity index is 1060. The first-order valence-corrected chi connectivity index (χ1v) is 10.2. The van der Waals surface area contributed by atoms with Gasteiger partial charge in [-0.15, -0.1) is 0 Å². The van der Waals surface area contributed by atoms with Gasteiger partial charge < -0.3 is 9.84 Å². The van der Waals surface area contributed by atoms with Crippen molar-refractivity contribution in [3.05, 3.63) is 69.6 Å². The Kier molecular flexibility index (Phi) is 7.09. The van der Waals surface area contributed by atoms with Gasteiger partial charge in [0.05, 0.1) is 17.9 Å². The number of aliphatic carboxylic acids is 1. The molecule has 0 aliphatic carbocycles. The van der Waals surface area contributed by atoms with Crippen molar-refractivity contribution in [1.82, 2.24) is 10.4 Å². The maximum absolute atomic E-state index is 12.7. The minimum atomic E-state index is -0.949. The van der Waals surface area contributed by atoms with Crippen LogP contribution in [-0.2, 0) is 9.59 Å². The molecule has 7 nitrogen and oxygen atoms in total. The summed E-state index contributed by atoms with van der Waals surface area (Å²) in [6.07, 6.45) is 1.50. The Labute approximate surface area is 186 Å². The van der Waals surface area contributed by atoms with Gasteiger partial charge in [-0.2, -0.15) is 5.01 Å². The molecule has 2 aromatic rings. The predicted molar refractivity (Wildman–Crippen MR) is 118 cm³/mol. The fourth-order valence-electron chi connectivity index (χ4n) is 2.46. The molecular formula is C20H15ClN2O5S2. The van der Waals surface area contributed by atoms with E-state index in [1.165, 1.54) is 6.07 Å². The topological polar surface area (TPSA) is 95.9 Å². The van der Waals surface area contributed by atoms with Crippen molar-refractivity contribution < 1.29 is 24.2 Å². The maximum Gasteiger partial charge on any atom is 0.306 e. The third-order valence-corrected chi connectivity index (χ3v) is 5.37. The lowest BCUT2D eigenvalue weighted by molar-refractivity contribution is -0.137. The van der Waals surface area contributed by atoms with Gasteiger partial charge >= 0.3 is 5.97 Å². The standard InChI is InChI=1S/C20H15ClN2O5S2/c21-14-5-2-4-13(11-14)18(26)22-23-19(27)16(30-20(23)29)10-12-3-1-6-15(9-12)28-8-7-17(24)25/h1-6,9-11H,7-8H2,(H,22,26)(H,24,25)/b16-10+. The Hall–Kier alpha value is -2.88. The SMILES string of the molecule is O=C(O)CCOc1cccc(/C=C2/SC(=S)N(NC(=O)c3cccc(Cl)c3)C2=O)c1. The van der Waals surface area contributed by atoms with Crippen molar-refractivity contribution in [1.29, 1.82) is 0 Å². The molecule has 2 N–H and O–H groups in total. The second kappa shape index (κ2) is 9.75. The largest absolute Gasteiger partial charge is 0.493 e. The van der Waals surface area contributed by atoms with E-state index < -0.39 is 17.8 Å². The van der Waals surface area contributed by atoms with Gasteiger partial charge in [-0.05, 0) is 54.2 Å². The molecule has 0 bridgehead atoms. The molecule has 0 saturated carbocycles. The van der Waals surface area contributed by atoms with Crippen LogP contribution in [0.3, 0.4) is 0 Å². The first kappa shape index (κ1) is 21.8. The lowest BCUT2D eigenvalue weighted by atomic mass is 10.2. The zero-order valence-electron chi connectivity index (χ0n) is 15.3. The summed E-state index contributed by atoms with van der Waals surface area (Å²) in [5.41, 5.74) is 3.46. The molecular weight excluding hydrogens is 448 g/mol. The van der Waals surface area contributed by atoms with E-state index in [4.69, 9.17) is 33.7 Å². The number of carboxylic acid groups (broad SMARTS) is 1. The van der Waals surface area contributed by atoms with Crippen molar-refractivity contribution >= 4 is 63.8 Å². The molecule has 1 fully saturated rings. The molecule has 30 heavy (non-hydrogen) atoms. The minimum Gasteiger partial charge on any atom is -0.493 e. The van der Waals surface area contributed by atoms with Crippen LogP contribution in [0.25, 0.3) is 6.08 Å². The first-order valence-electron chi connectivity index (χ1n) is 8.62. The molecule has 3 rings (SSSR count). The van der Waals surface area contributed by atoms with E-state index in [9.17, 15) is 14.4 Å². The van der Waals surface area contributed by atoms with E-state index in [0.717, 1.165) is 16.8 Å². The number of carbonyl (C=O) groups excluding carboxylic acids is 2. The Morgan fingerprint density at radius 3 is 2.73 bits per heavy atom. The number of nitrogens with one attached hydrogen (secondary N) is 1. The minimum absolute atomic E-state index is 0.0381. The van der Waals surface area contributed by atoms with Gasteiger partial charge in [-0.25, -0.2) is 0 Å². The maximum atomic E-state index is 12.7. The van der Waals surface area contributed by atoms with E-state index in [1.807, 2.05) is 0 Å². The highest BCUT2D eigenvalue weighted by atomic mass is 35.5. The van der Waals surface area contributed by atoms with Crippen LogP contribution in [0.15, 0.2) is 53.4 Å². The number of halogens is 1. The van der Waals surface area contributed by atoms with Crippen LogP contribution < -0.4 is 10.2 Å². The molecule has 0 radical (unpaired) electrons. The van der Waals surface area contributed by atoms with Gasteiger partial charge in [0.2, 0.25) is 0 Å². The van der Waals surface area contributed by atoms with Crippen LogP contribution in [0.5, 0.6) is 5.75 Å². The second-order valence-corrected chi connectivity index (χ2v) is 8.15. The van der Waals surface area contributed by atoms with Gasteiger partial charge in [0.1, 0.15) is 5.75 Å². The average Bonchev–Trinajstić information content (AvgIpc) is 2.95. The van der Waals surface area contributed by atoms with E-state index in [2.05, 4.69) is 5.43 Å². The van der Waals surface area contributed by atoms with Crippen LogP contribution in [0.4, 0.5) is 0 Å². The molecule has 1 saturated heterocycles. The third-order valence-electron chi connectivity index (χ3n) is 3.83. The van der Waals surface area contributed by atoms with Crippen molar-refractivity contribution in [3.63, 3.8) is 0 Å². The van der Waals surface area contributed by atoms with E-state index in [0.29, 0.717) is 26.8 Å². The number of ether oxygens (including phenoxy) is 1. The number of carboxylic acids is 1. The molecule has 10 heteroatoms.